The van der Waals surface area contributed by atoms with Gasteiger partial charge in [-0.1, -0.05) is 17.0 Å². The molecule has 1 aromatic carbocycles. The highest BCUT2D eigenvalue weighted by Crippen LogP contribution is 2.25. The van der Waals surface area contributed by atoms with Crippen LogP contribution in [0.2, 0.25) is 0 Å². The molecule has 0 bridgehead atoms. The number of nitrogen functional groups attached to an aromatic ring is 1. The fraction of sp³-hybridized carbons (Fsp3) is 0.273. The lowest BCUT2D eigenvalue weighted by Crippen LogP contribution is -2.17. The Morgan fingerprint density at radius 2 is 2.16 bits per heavy atom. The molecule has 0 saturated carbocycles. The number of nitrogens with two attached hydrogens (primary N) is 1. The van der Waals surface area contributed by atoms with Crippen molar-refractivity contribution >= 4 is 5.69 Å². The lowest BCUT2D eigenvalue weighted by Gasteiger charge is -2.09. The molecule has 0 fully saturated rings. The summed E-state index contributed by atoms with van der Waals surface area (Å²) in [4.78, 5) is 2.54. The van der Waals surface area contributed by atoms with Crippen LogP contribution >= 0.6 is 0 Å². The molecule has 5 nitrogen and oxygen atoms in total. The Morgan fingerprint density at radius 1 is 1.42 bits per heavy atom. The minimum atomic E-state index is -4.76. The maximum absolute atomic E-state index is 12.0. The number of ether oxygens (including phenoxy) is 1. The summed E-state index contributed by atoms with van der Waals surface area (Å²) in [6, 6.07) is 3.48. The van der Waals surface area contributed by atoms with E-state index in [9.17, 15) is 13.2 Å². The van der Waals surface area contributed by atoms with Gasteiger partial charge in [0.25, 0.3) is 0 Å². The highest BCUT2D eigenvalue weighted by atomic mass is 19.4. The van der Waals surface area contributed by atoms with Gasteiger partial charge in [-0.2, -0.15) is 0 Å². The van der Waals surface area contributed by atoms with E-state index in [1.807, 2.05) is 0 Å². The number of benzene rings is 1. The van der Waals surface area contributed by atoms with Crippen molar-refractivity contribution in [3.8, 4) is 17.6 Å². The molecular formula is C11H9F3N4O. The van der Waals surface area contributed by atoms with Crippen LogP contribution in [-0.4, -0.2) is 12.9 Å². The van der Waals surface area contributed by atoms with Crippen LogP contribution in [0.5, 0.6) is 5.75 Å². The van der Waals surface area contributed by atoms with E-state index in [0.29, 0.717) is 0 Å². The number of alkyl halides is 3. The van der Waals surface area contributed by atoms with Gasteiger partial charge in [-0.15, -0.1) is 13.2 Å². The fourth-order valence-corrected chi connectivity index (χ4v) is 1.15. The Morgan fingerprint density at radius 3 is 2.79 bits per heavy atom. The van der Waals surface area contributed by atoms with Crippen LogP contribution in [0.4, 0.5) is 18.9 Å². The summed E-state index contributed by atoms with van der Waals surface area (Å²) in [6.07, 6.45) is -4.48. The molecular weight excluding hydrogens is 261 g/mol. The van der Waals surface area contributed by atoms with E-state index in [4.69, 9.17) is 11.3 Å². The van der Waals surface area contributed by atoms with Gasteiger partial charge in [0.1, 0.15) is 5.75 Å². The van der Waals surface area contributed by atoms with Gasteiger partial charge >= 0.3 is 6.36 Å². The van der Waals surface area contributed by atoms with Gasteiger partial charge in [0.2, 0.25) is 0 Å². The molecule has 0 saturated heterocycles. The molecule has 0 unspecified atom stereocenters. The van der Waals surface area contributed by atoms with Crippen LogP contribution in [0, 0.1) is 11.8 Å². The van der Waals surface area contributed by atoms with Crippen molar-refractivity contribution in [1.82, 2.24) is 0 Å². The number of anilines is 1. The molecule has 100 valence electrons. The Labute approximate surface area is 106 Å². The molecule has 8 heteroatoms. The smallest absolute Gasteiger partial charge is 0.406 e. The average molecular weight is 270 g/mol. The first-order valence-corrected chi connectivity index (χ1v) is 5.07. The lowest BCUT2D eigenvalue weighted by atomic mass is 10.1. The minimum Gasteiger partial charge on any atom is -0.406 e. The standard InChI is InChI=1S/C11H9F3N4O/c12-11(13,14)19-9-4-5-10(15)8(7-9)3-1-2-6-17-18-16/h4-5,7H,2,6,15H2. The van der Waals surface area contributed by atoms with Crippen molar-refractivity contribution in [1.29, 1.82) is 0 Å². The molecule has 0 radical (unpaired) electrons. The average Bonchev–Trinajstić information content (AvgIpc) is 2.31. The second kappa shape index (κ2) is 6.42. The van der Waals surface area contributed by atoms with Crippen LogP contribution in [0.3, 0.4) is 0 Å². The van der Waals surface area contributed by atoms with Crippen LogP contribution < -0.4 is 10.5 Å². The Hall–Kier alpha value is -2.52. The van der Waals surface area contributed by atoms with E-state index in [2.05, 4.69) is 26.6 Å². The van der Waals surface area contributed by atoms with Gasteiger partial charge in [-0.3, -0.25) is 0 Å². The first-order valence-electron chi connectivity index (χ1n) is 5.07. The van der Waals surface area contributed by atoms with E-state index >= 15 is 0 Å². The largest absolute Gasteiger partial charge is 0.573 e. The SMILES string of the molecule is [N-]=[N+]=NCCC#Cc1cc(OC(F)(F)F)ccc1N. The zero-order valence-corrected chi connectivity index (χ0v) is 9.61. The molecule has 0 heterocycles. The molecule has 0 spiro atoms. The number of halogens is 3. The molecule has 1 rings (SSSR count). The highest BCUT2D eigenvalue weighted by Gasteiger charge is 2.31. The van der Waals surface area contributed by atoms with E-state index < -0.39 is 6.36 Å². The molecule has 19 heavy (non-hydrogen) atoms. The molecule has 0 aliphatic heterocycles. The summed E-state index contributed by atoms with van der Waals surface area (Å²) in [5.41, 5.74) is 14.1. The van der Waals surface area contributed by atoms with Crippen molar-refractivity contribution in [2.24, 2.45) is 5.11 Å². The third-order valence-corrected chi connectivity index (χ3v) is 1.88. The van der Waals surface area contributed by atoms with Crippen molar-refractivity contribution in [2.75, 3.05) is 12.3 Å². The van der Waals surface area contributed by atoms with E-state index in [1.54, 1.807) is 0 Å². The minimum absolute atomic E-state index is 0.183. The fourth-order valence-electron chi connectivity index (χ4n) is 1.15. The zero-order valence-electron chi connectivity index (χ0n) is 9.61. The summed E-state index contributed by atoms with van der Waals surface area (Å²) in [5, 5.41) is 3.26. The molecule has 0 aliphatic carbocycles. The maximum atomic E-state index is 12.0. The van der Waals surface area contributed by atoms with Crippen LogP contribution in [0.1, 0.15) is 12.0 Å². The summed E-state index contributed by atoms with van der Waals surface area (Å²) < 4.78 is 39.8. The van der Waals surface area contributed by atoms with E-state index in [-0.39, 0.29) is 30.0 Å². The van der Waals surface area contributed by atoms with Gasteiger partial charge in [0, 0.05) is 23.6 Å². The molecule has 2 N–H and O–H groups in total. The molecule has 0 amide bonds. The summed E-state index contributed by atoms with van der Waals surface area (Å²) >= 11 is 0. The predicted molar refractivity (Wildman–Crippen MR) is 63.0 cm³/mol. The van der Waals surface area contributed by atoms with Gasteiger partial charge in [-0.05, 0) is 23.7 Å². The summed E-state index contributed by atoms with van der Waals surface area (Å²) in [7, 11) is 0. The van der Waals surface area contributed by atoms with Gasteiger partial charge in [-0.25, -0.2) is 0 Å². The van der Waals surface area contributed by atoms with Gasteiger partial charge < -0.3 is 10.5 Å². The number of azide groups is 1. The Balaban J connectivity index is 2.82. The van der Waals surface area contributed by atoms with Crippen molar-refractivity contribution < 1.29 is 17.9 Å². The summed E-state index contributed by atoms with van der Waals surface area (Å²) in [6.45, 7) is 0.183. The second-order valence-corrected chi connectivity index (χ2v) is 3.30. The number of nitrogens with zero attached hydrogens (tertiary/aromatic N) is 3. The van der Waals surface area contributed by atoms with Crippen molar-refractivity contribution in [2.45, 2.75) is 12.8 Å². The molecule has 1 aromatic rings. The van der Waals surface area contributed by atoms with Crippen molar-refractivity contribution in [3.63, 3.8) is 0 Å². The van der Waals surface area contributed by atoms with Gasteiger partial charge in [0.05, 0.1) is 5.56 Å². The Bertz CT molecular complexity index is 553. The highest BCUT2D eigenvalue weighted by molar-refractivity contribution is 5.58. The molecule has 0 aromatic heterocycles. The van der Waals surface area contributed by atoms with Crippen LogP contribution in [-0.2, 0) is 0 Å². The molecule has 0 aliphatic rings. The summed E-state index contributed by atoms with van der Waals surface area (Å²) in [5.74, 6) is 4.84. The van der Waals surface area contributed by atoms with Crippen LogP contribution in [0.15, 0.2) is 23.3 Å². The van der Waals surface area contributed by atoms with E-state index in [0.717, 1.165) is 12.1 Å². The number of hydrogen-bond acceptors (Lipinski definition) is 3. The second-order valence-electron chi connectivity index (χ2n) is 3.30. The monoisotopic (exact) mass is 270 g/mol. The quantitative estimate of drug-likeness (QED) is 0.228. The number of hydrogen-bond donors (Lipinski definition) is 1. The normalized spacial score (nSPS) is 10.1. The Kier molecular flexibility index (Phi) is 4.92. The number of rotatable bonds is 3. The topological polar surface area (TPSA) is 84.0 Å². The van der Waals surface area contributed by atoms with Crippen molar-refractivity contribution in [3.05, 3.63) is 34.2 Å². The third kappa shape index (κ3) is 5.57. The van der Waals surface area contributed by atoms with Gasteiger partial charge in [0.15, 0.2) is 0 Å². The third-order valence-electron chi connectivity index (χ3n) is 1.88. The maximum Gasteiger partial charge on any atom is 0.573 e. The first kappa shape index (κ1) is 14.5. The van der Waals surface area contributed by atoms with Crippen LogP contribution in [0.25, 0.3) is 10.4 Å². The zero-order chi connectivity index (χ0) is 14.3. The lowest BCUT2D eigenvalue weighted by molar-refractivity contribution is -0.274. The predicted octanol–water partition coefficient (Wildman–Crippen LogP) is 3.22. The first-order chi connectivity index (χ1) is 8.92. The van der Waals surface area contributed by atoms with E-state index in [1.165, 1.54) is 6.07 Å². The molecule has 0 atom stereocenters.